The second kappa shape index (κ2) is 5.69. The third kappa shape index (κ3) is 2.69. The third-order valence-corrected chi connectivity index (χ3v) is 4.20. The summed E-state index contributed by atoms with van der Waals surface area (Å²) in [6.07, 6.45) is 6.14. The molecule has 0 bridgehead atoms. The number of benzene rings is 2. The minimum absolute atomic E-state index is 0.321. The van der Waals surface area contributed by atoms with Crippen molar-refractivity contribution < 1.29 is 0 Å². The number of allylic oxidation sites excluding steroid dienone is 2. The van der Waals surface area contributed by atoms with Crippen molar-refractivity contribution in [1.82, 2.24) is 0 Å². The van der Waals surface area contributed by atoms with Crippen LogP contribution >= 0.6 is 0 Å². The van der Waals surface area contributed by atoms with E-state index in [-0.39, 0.29) is 0 Å². The van der Waals surface area contributed by atoms with Crippen LogP contribution in [-0.4, -0.2) is 5.71 Å². The van der Waals surface area contributed by atoms with E-state index >= 15 is 0 Å². The number of hydrogen-bond acceptors (Lipinski definition) is 1. The molecule has 0 saturated heterocycles. The summed E-state index contributed by atoms with van der Waals surface area (Å²) >= 11 is 0. The van der Waals surface area contributed by atoms with E-state index in [4.69, 9.17) is 5.41 Å². The Bertz CT molecular complexity index is 710. The zero-order chi connectivity index (χ0) is 14.8. The monoisotopic (exact) mass is 275 g/mol. The average Bonchev–Trinajstić information content (AvgIpc) is 2.84. The zero-order valence-corrected chi connectivity index (χ0v) is 12.7. The number of hydrogen-bond donors (Lipinski definition) is 1. The first-order valence-corrected chi connectivity index (χ1v) is 7.57. The van der Waals surface area contributed by atoms with Gasteiger partial charge in [-0.05, 0) is 54.5 Å². The maximum atomic E-state index is 7.78. The SMILES string of the molecule is CC=CC(CC(C)=N)c1ccc2c(c1)Cc1ccccc1-2. The van der Waals surface area contributed by atoms with Crippen molar-refractivity contribution in [2.45, 2.75) is 32.6 Å². The minimum Gasteiger partial charge on any atom is -0.310 e. The molecule has 2 aromatic carbocycles. The maximum absolute atomic E-state index is 7.78. The van der Waals surface area contributed by atoms with Crippen molar-refractivity contribution in [3.63, 3.8) is 0 Å². The Hall–Kier alpha value is -2.15. The van der Waals surface area contributed by atoms with Crippen molar-refractivity contribution in [3.05, 3.63) is 71.3 Å². The molecule has 1 nitrogen and oxygen atoms in total. The lowest BCUT2D eigenvalue weighted by molar-refractivity contribution is 0.880. The summed E-state index contributed by atoms with van der Waals surface area (Å²) in [5.41, 5.74) is 7.67. The van der Waals surface area contributed by atoms with Crippen LogP contribution < -0.4 is 0 Å². The predicted molar refractivity (Wildman–Crippen MR) is 90.3 cm³/mol. The van der Waals surface area contributed by atoms with Gasteiger partial charge in [0, 0.05) is 11.6 Å². The highest BCUT2D eigenvalue weighted by Gasteiger charge is 2.19. The van der Waals surface area contributed by atoms with Gasteiger partial charge in [-0.25, -0.2) is 0 Å². The van der Waals surface area contributed by atoms with E-state index in [1.807, 2.05) is 6.92 Å². The molecule has 0 spiro atoms. The highest BCUT2D eigenvalue weighted by Crippen LogP contribution is 2.38. The average molecular weight is 275 g/mol. The van der Waals surface area contributed by atoms with Gasteiger partial charge in [0.1, 0.15) is 0 Å². The lowest BCUT2D eigenvalue weighted by Crippen LogP contribution is -2.02. The summed E-state index contributed by atoms with van der Waals surface area (Å²) in [4.78, 5) is 0. The molecule has 0 fully saturated rings. The molecule has 1 atom stereocenters. The summed E-state index contributed by atoms with van der Waals surface area (Å²) in [6, 6.07) is 15.5. The van der Waals surface area contributed by atoms with Crippen molar-refractivity contribution in [1.29, 1.82) is 5.41 Å². The Morgan fingerprint density at radius 2 is 1.90 bits per heavy atom. The van der Waals surface area contributed by atoms with Gasteiger partial charge in [-0.3, -0.25) is 0 Å². The highest BCUT2D eigenvalue weighted by molar-refractivity contribution is 5.80. The topological polar surface area (TPSA) is 23.9 Å². The Kier molecular flexibility index (Phi) is 3.74. The molecule has 1 aliphatic carbocycles. The van der Waals surface area contributed by atoms with Crippen LogP contribution in [-0.2, 0) is 6.42 Å². The van der Waals surface area contributed by atoms with E-state index in [1.165, 1.54) is 27.8 Å². The second-order valence-corrected chi connectivity index (χ2v) is 5.87. The van der Waals surface area contributed by atoms with E-state index in [9.17, 15) is 0 Å². The Labute approximate surface area is 126 Å². The highest BCUT2D eigenvalue weighted by atomic mass is 14.4. The van der Waals surface area contributed by atoms with Gasteiger partial charge in [0.2, 0.25) is 0 Å². The summed E-state index contributed by atoms with van der Waals surface area (Å²) in [7, 11) is 0. The number of fused-ring (bicyclic) bond motifs is 3. The summed E-state index contributed by atoms with van der Waals surface area (Å²) < 4.78 is 0. The van der Waals surface area contributed by atoms with Gasteiger partial charge in [0.05, 0.1) is 0 Å². The van der Waals surface area contributed by atoms with Gasteiger partial charge < -0.3 is 5.41 Å². The van der Waals surface area contributed by atoms with E-state index in [2.05, 4.69) is 61.5 Å². The van der Waals surface area contributed by atoms with Gasteiger partial charge in [-0.2, -0.15) is 0 Å². The van der Waals surface area contributed by atoms with Crippen LogP contribution in [0, 0.1) is 5.41 Å². The standard InChI is InChI=1S/C20H21N/c1-3-6-15(11-14(2)21)16-9-10-20-18(12-16)13-17-7-4-5-8-19(17)20/h3-10,12,15,21H,11,13H2,1-2H3. The van der Waals surface area contributed by atoms with Gasteiger partial charge in [-0.15, -0.1) is 0 Å². The summed E-state index contributed by atoms with van der Waals surface area (Å²) in [5, 5.41) is 7.78. The third-order valence-electron chi connectivity index (χ3n) is 4.20. The molecule has 1 aliphatic rings. The van der Waals surface area contributed by atoms with Crippen molar-refractivity contribution in [3.8, 4) is 11.1 Å². The molecule has 21 heavy (non-hydrogen) atoms. The Balaban J connectivity index is 1.97. The molecule has 106 valence electrons. The van der Waals surface area contributed by atoms with Gasteiger partial charge in [0.15, 0.2) is 0 Å². The second-order valence-electron chi connectivity index (χ2n) is 5.87. The largest absolute Gasteiger partial charge is 0.310 e. The fraction of sp³-hybridized carbons (Fsp3) is 0.250. The Morgan fingerprint density at radius 3 is 2.67 bits per heavy atom. The number of rotatable bonds is 4. The van der Waals surface area contributed by atoms with Crippen LogP contribution in [0.15, 0.2) is 54.6 Å². The van der Waals surface area contributed by atoms with Crippen LogP contribution in [0.25, 0.3) is 11.1 Å². The molecule has 1 N–H and O–H groups in total. The fourth-order valence-corrected chi connectivity index (χ4v) is 3.25. The van der Waals surface area contributed by atoms with E-state index < -0.39 is 0 Å². The molecule has 0 saturated carbocycles. The van der Waals surface area contributed by atoms with E-state index in [0.717, 1.165) is 18.6 Å². The summed E-state index contributed by atoms with van der Waals surface area (Å²) in [5.74, 6) is 0.321. The van der Waals surface area contributed by atoms with Crippen LogP contribution in [0.2, 0.25) is 0 Å². The zero-order valence-electron chi connectivity index (χ0n) is 12.7. The maximum Gasteiger partial charge on any atom is 0.00698 e. The van der Waals surface area contributed by atoms with Crippen LogP contribution in [0.5, 0.6) is 0 Å². The quantitative estimate of drug-likeness (QED) is 0.490. The van der Waals surface area contributed by atoms with E-state index in [1.54, 1.807) is 0 Å². The molecular weight excluding hydrogens is 254 g/mol. The molecule has 1 unspecified atom stereocenters. The van der Waals surface area contributed by atoms with Gasteiger partial charge in [0.25, 0.3) is 0 Å². The first-order chi connectivity index (χ1) is 10.2. The normalized spacial score (nSPS) is 14.0. The minimum atomic E-state index is 0.321. The van der Waals surface area contributed by atoms with Gasteiger partial charge in [-0.1, -0.05) is 54.6 Å². The summed E-state index contributed by atoms with van der Waals surface area (Å²) in [6.45, 7) is 3.94. The van der Waals surface area contributed by atoms with Crippen molar-refractivity contribution in [2.24, 2.45) is 0 Å². The number of nitrogens with one attached hydrogen (secondary N) is 1. The van der Waals surface area contributed by atoms with Gasteiger partial charge >= 0.3 is 0 Å². The van der Waals surface area contributed by atoms with E-state index in [0.29, 0.717) is 5.92 Å². The molecule has 0 amide bonds. The lowest BCUT2D eigenvalue weighted by atomic mass is 9.91. The van der Waals surface area contributed by atoms with Crippen molar-refractivity contribution >= 4 is 5.71 Å². The molecule has 1 heteroatoms. The smallest absolute Gasteiger partial charge is 0.00698 e. The lowest BCUT2D eigenvalue weighted by Gasteiger charge is -2.14. The molecule has 0 radical (unpaired) electrons. The first kappa shape index (κ1) is 13.8. The molecule has 0 heterocycles. The molecule has 2 aromatic rings. The first-order valence-electron chi connectivity index (χ1n) is 7.57. The molecule has 0 aromatic heterocycles. The van der Waals surface area contributed by atoms with Crippen LogP contribution in [0.1, 0.15) is 42.9 Å². The van der Waals surface area contributed by atoms with Crippen LogP contribution in [0.3, 0.4) is 0 Å². The molecule has 0 aliphatic heterocycles. The fourth-order valence-electron chi connectivity index (χ4n) is 3.25. The van der Waals surface area contributed by atoms with Crippen molar-refractivity contribution in [2.75, 3.05) is 0 Å². The van der Waals surface area contributed by atoms with Crippen LogP contribution in [0.4, 0.5) is 0 Å². The molecule has 3 rings (SSSR count). The Morgan fingerprint density at radius 1 is 1.14 bits per heavy atom. The molecular formula is C20H21N. The predicted octanol–water partition coefficient (Wildman–Crippen LogP) is 5.35.